The van der Waals surface area contributed by atoms with E-state index in [0.717, 1.165) is 16.5 Å². The van der Waals surface area contributed by atoms with Gasteiger partial charge in [-0.2, -0.15) is 0 Å². The third kappa shape index (κ3) is 1.70. The Bertz CT molecular complexity index is 728. The third-order valence-electron chi connectivity index (χ3n) is 2.94. The highest BCUT2D eigenvalue weighted by Crippen LogP contribution is 2.18. The van der Waals surface area contributed by atoms with E-state index in [4.69, 9.17) is 4.42 Å². The molecule has 0 N–H and O–H groups in total. The maximum atomic E-state index is 12.3. The second-order valence-electron chi connectivity index (χ2n) is 4.17. The lowest BCUT2D eigenvalue weighted by molar-refractivity contribution is 0.101. The summed E-state index contributed by atoms with van der Waals surface area (Å²) in [5.41, 5.74) is 2.26. The Morgan fingerprint density at radius 3 is 2.89 bits per heavy atom. The minimum atomic E-state index is -0.106. The second-order valence-corrected chi connectivity index (χ2v) is 4.17. The lowest BCUT2D eigenvalue weighted by Gasteiger charge is -2.01. The molecule has 2 aromatic heterocycles. The van der Waals surface area contributed by atoms with Crippen molar-refractivity contribution in [1.82, 2.24) is 4.98 Å². The predicted octanol–water partition coefficient (Wildman–Crippen LogP) is 3.37. The van der Waals surface area contributed by atoms with Gasteiger partial charge in [-0.15, -0.1) is 0 Å². The Labute approximate surface area is 104 Å². The molecule has 1 aromatic carbocycles. The molecule has 0 unspecified atom stereocenters. The van der Waals surface area contributed by atoms with Crippen molar-refractivity contribution in [3.8, 4) is 0 Å². The number of carbonyl (C=O) groups excluding carboxylic acids is 1. The summed E-state index contributed by atoms with van der Waals surface area (Å²) in [5, 5.41) is 1.02. The second kappa shape index (κ2) is 4.11. The number of nitrogens with zero attached hydrogens (tertiary/aromatic N) is 1. The van der Waals surface area contributed by atoms with Crippen molar-refractivity contribution in [3.05, 3.63) is 65.7 Å². The number of fused-ring (bicyclic) bond motifs is 1. The van der Waals surface area contributed by atoms with Crippen LogP contribution in [0.2, 0.25) is 0 Å². The molecular formula is C15H11NO2. The molecule has 3 rings (SSSR count). The first kappa shape index (κ1) is 10.7. The molecule has 3 heteroatoms. The Kier molecular flexibility index (Phi) is 2.45. The molecule has 0 radical (unpaired) electrons. The fraction of sp³-hybridized carbons (Fsp3) is 0.0667. The molecule has 0 bridgehead atoms. The van der Waals surface area contributed by atoms with Crippen molar-refractivity contribution in [2.75, 3.05) is 0 Å². The lowest BCUT2D eigenvalue weighted by atomic mass is 10.0. The topological polar surface area (TPSA) is 43.1 Å². The molecule has 0 saturated carbocycles. The first-order chi connectivity index (χ1) is 8.75. The lowest BCUT2D eigenvalue weighted by Crippen LogP contribution is -2.01. The van der Waals surface area contributed by atoms with E-state index in [2.05, 4.69) is 4.98 Å². The van der Waals surface area contributed by atoms with E-state index in [-0.39, 0.29) is 5.78 Å². The number of ketones is 1. The van der Waals surface area contributed by atoms with Crippen LogP contribution < -0.4 is 0 Å². The van der Waals surface area contributed by atoms with E-state index in [1.165, 1.54) is 6.26 Å². The summed E-state index contributed by atoms with van der Waals surface area (Å²) in [5.74, 6) is 0.287. The highest BCUT2D eigenvalue weighted by atomic mass is 16.3. The van der Waals surface area contributed by atoms with E-state index in [0.29, 0.717) is 11.3 Å². The van der Waals surface area contributed by atoms with E-state index in [1.807, 2.05) is 25.1 Å². The molecule has 3 aromatic rings. The van der Waals surface area contributed by atoms with Crippen molar-refractivity contribution in [2.45, 2.75) is 6.92 Å². The van der Waals surface area contributed by atoms with Gasteiger partial charge in [-0.05, 0) is 30.7 Å². The largest absolute Gasteiger partial charge is 0.461 e. The maximum absolute atomic E-state index is 12.3. The van der Waals surface area contributed by atoms with Crippen LogP contribution in [0.3, 0.4) is 0 Å². The molecule has 0 fully saturated rings. The van der Waals surface area contributed by atoms with Crippen LogP contribution in [-0.4, -0.2) is 10.8 Å². The van der Waals surface area contributed by atoms with Gasteiger partial charge in [0.05, 0.1) is 11.8 Å². The zero-order chi connectivity index (χ0) is 12.5. The average Bonchev–Trinajstić information content (AvgIpc) is 2.83. The number of hydrogen-bond donors (Lipinski definition) is 0. The minimum absolute atomic E-state index is 0.106. The molecule has 0 saturated heterocycles. The molecule has 0 amide bonds. The highest BCUT2D eigenvalue weighted by Gasteiger charge is 2.15. The third-order valence-corrected chi connectivity index (χ3v) is 2.94. The maximum Gasteiger partial charge on any atom is 0.228 e. The van der Waals surface area contributed by atoms with Gasteiger partial charge in [0.2, 0.25) is 5.78 Å². The number of carbonyl (C=O) groups is 1. The molecular weight excluding hydrogens is 226 g/mol. The summed E-state index contributed by atoms with van der Waals surface area (Å²) in [6.45, 7) is 1.86. The number of pyridine rings is 1. The van der Waals surface area contributed by atoms with E-state index in [9.17, 15) is 4.79 Å². The van der Waals surface area contributed by atoms with Gasteiger partial charge in [-0.25, -0.2) is 0 Å². The number of aromatic nitrogens is 1. The summed E-state index contributed by atoms with van der Waals surface area (Å²) in [7, 11) is 0. The van der Waals surface area contributed by atoms with Gasteiger partial charge in [0, 0.05) is 17.1 Å². The minimum Gasteiger partial charge on any atom is -0.461 e. The van der Waals surface area contributed by atoms with E-state index >= 15 is 0 Å². The Hall–Kier alpha value is -2.42. The zero-order valence-corrected chi connectivity index (χ0v) is 9.88. The first-order valence-corrected chi connectivity index (χ1v) is 5.69. The molecule has 0 aliphatic carbocycles. The summed E-state index contributed by atoms with van der Waals surface area (Å²) in [6, 6.07) is 11.1. The Balaban J connectivity index is 2.10. The van der Waals surface area contributed by atoms with Crippen molar-refractivity contribution in [2.24, 2.45) is 0 Å². The first-order valence-electron chi connectivity index (χ1n) is 5.69. The van der Waals surface area contributed by atoms with Crippen LogP contribution in [0.5, 0.6) is 0 Å². The summed E-state index contributed by atoms with van der Waals surface area (Å²) >= 11 is 0. The van der Waals surface area contributed by atoms with E-state index < -0.39 is 0 Å². The summed E-state index contributed by atoms with van der Waals surface area (Å²) in [6.07, 6.45) is 3.25. The van der Waals surface area contributed by atoms with Crippen LogP contribution in [0, 0.1) is 6.92 Å². The Morgan fingerprint density at radius 1 is 1.22 bits per heavy atom. The number of aryl methyl sites for hydroxylation is 1. The molecule has 0 aliphatic heterocycles. The smallest absolute Gasteiger partial charge is 0.228 e. The molecule has 18 heavy (non-hydrogen) atoms. The zero-order valence-electron chi connectivity index (χ0n) is 9.88. The van der Waals surface area contributed by atoms with Crippen LogP contribution >= 0.6 is 0 Å². The van der Waals surface area contributed by atoms with Crippen LogP contribution in [0.1, 0.15) is 21.7 Å². The molecule has 88 valence electrons. The van der Waals surface area contributed by atoms with Crippen molar-refractivity contribution >= 4 is 16.7 Å². The van der Waals surface area contributed by atoms with Crippen LogP contribution in [-0.2, 0) is 0 Å². The highest BCUT2D eigenvalue weighted by molar-refractivity contribution is 6.09. The fourth-order valence-electron chi connectivity index (χ4n) is 1.94. The molecule has 2 heterocycles. The van der Waals surface area contributed by atoms with Gasteiger partial charge in [0.25, 0.3) is 0 Å². The van der Waals surface area contributed by atoms with Crippen molar-refractivity contribution in [1.29, 1.82) is 0 Å². The van der Waals surface area contributed by atoms with Gasteiger partial charge in [0.15, 0.2) is 5.76 Å². The SMILES string of the molecule is Cc1ccoc1C(=O)c1ccc2cccnc2c1. The van der Waals surface area contributed by atoms with Gasteiger partial charge < -0.3 is 4.42 Å². The number of rotatable bonds is 2. The van der Waals surface area contributed by atoms with Crippen molar-refractivity contribution in [3.63, 3.8) is 0 Å². The number of benzene rings is 1. The monoisotopic (exact) mass is 237 g/mol. The average molecular weight is 237 g/mol. The van der Waals surface area contributed by atoms with E-state index in [1.54, 1.807) is 24.4 Å². The fourth-order valence-corrected chi connectivity index (χ4v) is 1.94. The van der Waals surface area contributed by atoms with Gasteiger partial charge in [-0.1, -0.05) is 18.2 Å². The standard InChI is InChI=1S/C15H11NO2/c1-10-6-8-18-15(10)14(17)12-5-4-11-3-2-7-16-13(11)9-12/h2-9H,1H3. The molecule has 0 aliphatic rings. The summed E-state index contributed by atoms with van der Waals surface area (Å²) < 4.78 is 5.22. The summed E-state index contributed by atoms with van der Waals surface area (Å²) in [4.78, 5) is 16.5. The van der Waals surface area contributed by atoms with Crippen LogP contribution in [0.25, 0.3) is 10.9 Å². The predicted molar refractivity (Wildman–Crippen MR) is 68.6 cm³/mol. The quantitative estimate of drug-likeness (QED) is 0.642. The van der Waals surface area contributed by atoms with Gasteiger partial charge >= 0.3 is 0 Å². The number of hydrogen-bond acceptors (Lipinski definition) is 3. The number of furan rings is 1. The van der Waals surface area contributed by atoms with Crippen LogP contribution in [0.4, 0.5) is 0 Å². The van der Waals surface area contributed by atoms with Crippen molar-refractivity contribution < 1.29 is 9.21 Å². The van der Waals surface area contributed by atoms with Crippen LogP contribution in [0.15, 0.2) is 53.3 Å². The Morgan fingerprint density at radius 2 is 2.11 bits per heavy atom. The molecule has 0 atom stereocenters. The molecule has 0 spiro atoms. The van der Waals surface area contributed by atoms with Gasteiger partial charge in [0.1, 0.15) is 0 Å². The normalized spacial score (nSPS) is 10.7. The van der Waals surface area contributed by atoms with Gasteiger partial charge in [-0.3, -0.25) is 9.78 Å². The molecule has 3 nitrogen and oxygen atoms in total.